The summed E-state index contributed by atoms with van der Waals surface area (Å²) in [6.45, 7) is 2.74. The highest BCUT2D eigenvalue weighted by molar-refractivity contribution is 6.07. The first-order valence-corrected chi connectivity index (χ1v) is 6.63. The predicted molar refractivity (Wildman–Crippen MR) is 72.9 cm³/mol. The second-order valence-electron chi connectivity index (χ2n) is 4.95. The predicted octanol–water partition coefficient (Wildman–Crippen LogP) is 1.28. The Morgan fingerprint density at radius 2 is 2.20 bits per heavy atom. The fourth-order valence-electron chi connectivity index (χ4n) is 2.27. The van der Waals surface area contributed by atoms with Crippen LogP contribution in [0.25, 0.3) is 0 Å². The van der Waals surface area contributed by atoms with E-state index in [1.807, 2.05) is 0 Å². The number of hydrogen-bond donors (Lipinski definition) is 1. The molecule has 2 rings (SSSR count). The van der Waals surface area contributed by atoms with Crippen LogP contribution in [0.2, 0.25) is 0 Å². The van der Waals surface area contributed by atoms with Crippen LogP contribution in [0.3, 0.4) is 0 Å². The third-order valence-corrected chi connectivity index (χ3v) is 3.49. The molecule has 1 N–H and O–H groups in total. The number of urea groups is 1. The van der Waals surface area contributed by atoms with Crippen LogP contribution in [0, 0.1) is 0 Å². The fraction of sp³-hybridized carbons (Fsp3) is 0.500. The van der Waals surface area contributed by atoms with Crippen LogP contribution in [0.5, 0.6) is 0 Å². The van der Waals surface area contributed by atoms with Gasteiger partial charge in [0.05, 0.1) is 0 Å². The molecule has 0 bridgehead atoms. The van der Waals surface area contributed by atoms with Crippen molar-refractivity contribution < 1.29 is 14.3 Å². The van der Waals surface area contributed by atoms with E-state index in [4.69, 9.17) is 4.74 Å². The number of carbonyl (C=O) groups excluding carboxylic acids is 2. The van der Waals surface area contributed by atoms with Crippen LogP contribution >= 0.6 is 0 Å². The van der Waals surface area contributed by atoms with Gasteiger partial charge in [-0.15, -0.1) is 0 Å². The lowest BCUT2D eigenvalue weighted by Crippen LogP contribution is -2.41. The van der Waals surface area contributed by atoms with Crippen molar-refractivity contribution in [3.05, 3.63) is 30.1 Å². The molecule has 6 nitrogen and oxygen atoms in total. The lowest BCUT2D eigenvalue weighted by Gasteiger charge is -2.21. The molecule has 20 heavy (non-hydrogen) atoms. The Morgan fingerprint density at radius 3 is 2.85 bits per heavy atom. The number of unbranched alkanes of at least 4 members (excludes halogenated alkanes) is 1. The summed E-state index contributed by atoms with van der Waals surface area (Å²) < 4.78 is 4.96. The van der Waals surface area contributed by atoms with Crippen molar-refractivity contribution in [2.24, 2.45) is 0 Å². The highest BCUT2D eigenvalue weighted by Crippen LogP contribution is 2.28. The van der Waals surface area contributed by atoms with Crippen LogP contribution in [0.4, 0.5) is 4.79 Å². The van der Waals surface area contributed by atoms with Gasteiger partial charge in [-0.3, -0.25) is 14.7 Å². The van der Waals surface area contributed by atoms with E-state index in [0.29, 0.717) is 18.7 Å². The average molecular weight is 277 g/mol. The molecule has 1 atom stereocenters. The van der Waals surface area contributed by atoms with Crippen LogP contribution in [-0.4, -0.2) is 42.1 Å². The van der Waals surface area contributed by atoms with Crippen LogP contribution in [0.15, 0.2) is 24.5 Å². The standard InChI is InChI=1S/C14H19N3O3/c1-14(11-6-5-7-15-10-11)12(18)17(13(19)16-14)8-3-4-9-20-2/h5-7,10H,3-4,8-9H2,1-2H3,(H,16,19)/t14-/m1/s1. The Hall–Kier alpha value is -1.95. The number of nitrogens with zero attached hydrogens (tertiary/aromatic N) is 2. The normalized spacial score (nSPS) is 22.2. The van der Waals surface area contributed by atoms with Crippen LogP contribution in [-0.2, 0) is 15.1 Å². The molecule has 1 aromatic rings. The lowest BCUT2D eigenvalue weighted by molar-refractivity contribution is -0.131. The van der Waals surface area contributed by atoms with Crippen molar-refractivity contribution in [2.45, 2.75) is 25.3 Å². The van der Waals surface area contributed by atoms with Crippen molar-refractivity contribution in [1.29, 1.82) is 0 Å². The Kier molecular flexibility index (Phi) is 4.34. The summed E-state index contributed by atoms with van der Waals surface area (Å²) in [6.07, 6.45) is 4.79. The Bertz CT molecular complexity index is 492. The highest BCUT2D eigenvalue weighted by atomic mass is 16.5. The van der Waals surface area contributed by atoms with Gasteiger partial charge in [-0.2, -0.15) is 0 Å². The van der Waals surface area contributed by atoms with Gasteiger partial charge in [0.15, 0.2) is 0 Å². The quantitative estimate of drug-likeness (QED) is 0.628. The van der Waals surface area contributed by atoms with Gasteiger partial charge in [-0.25, -0.2) is 4.79 Å². The Labute approximate surface area is 118 Å². The maximum Gasteiger partial charge on any atom is 0.325 e. The van der Waals surface area contributed by atoms with Gasteiger partial charge in [-0.1, -0.05) is 6.07 Å². The Morgan fingerprint density at radius 1 is 1.40 bits per heavy atom. The first kappa shape index (κ1) is 14.5. The molecule has 1 saturated heterocycles. The molecule has 1 fully saturated rings. The first-order chi connectivity index (χ1) is 9.59. The van der Waals surface area contributed by atoms with E-state index in [2.05, 4.69) is 10.3 Å². The van der Waals surface area contributed by atoms with Gasteiger partial charge < -0.3 is 10.1 Å². The van der Waals surface area contributed by atoms with Crippen LogP contribution < -0.4 is 5.32 Å². The summed E-state index contributed by atoms with van der Waals surface area (Å²) in [7, 11) is 1.63. The minimum absolute atomic E-state index is 0.229. The number of aromatic nitrogens is 1. The van der Waals surface area contributed by atoms with Crippen molar-refractivity contribution in [3.8, 4) is 0 Å². The molecule has 1 aliphatic heterocycles. The van der Waals surface area contributed by atoms with Crippen molar-refractivity contribution in [3.63, 3.8) is 0 Å². The van der Waals surface area contributed by atoms with Gasteiger partial charge in [0.1, 0.15) is 5.54 Å². The summed E-state index contributed by atoms with van der Waals surface area (Å²) in [5.74, 6) is -0.229. The molecule has 0 spiro atoms. The number of ether oxygens (including phenoxy) is 1. The third-order valence-electron chi connectivity index (χ3n) is 3.49. The highest BCUT2D eigenvalue weighted by Gasteiger charge is 2.48. The van der Waals surface area contributed by atoms with E-state index in [1.54, 1.807) is 38.6 Å². The zero-order valence-electron chi connectivity index (χ0n) is 11.8. The van der Waals surface area contributed by atoms with Crippen molar-refractivity contribution in [2.75, 3.05) is 20.3 Å². The molecule has 0 aliphatic carbocycles. The number of carbonyl (C=O) groups is 2. The van der Waals surface area contributed by atoms with Gasteiger partial charge in [0.25, 0.3) is 5.91 Å². The zero-order chi connectivity index (χ0) is 14.6. The second kappa shape index (κ2) is 6.00. The Balaban J connectivity index is 2.08. The summed E-state index contributed by atoms with van der Waals surface area (Å²) in [5, 5.41) is 2.75. The number of rotatable bonds is 6. The SMILES string of the molecule is COCCCCN1C(=O)N[C@](C)(c2cccnc2)C1=O. The van der Waals surface area contributed by atoms with E-state index < -0.39 is 5.54 Å². The molecule has 3 amide bonds. The average Bonchev–Trinajstić information content (AvgIpc) is 2.68. The van der Waals surface area contributed by atoms with E-state index in [0.717, 1.165) is 12.8 Å². The van der Waals surface area contributed by atoms with Gasteiger partial charge in [0, 0.05) is 38.2 Å². The minimum Gasteiger partial charge on any atom is -0.385 e. The van der Waals surface area contributed by atoms with Crippen molar-refractivity contribution >= 4 is 11.9 Å². The molecule has 1 aromatic heterocycles. The smallest absolute Gasteiger partial charge is 0.325 e. The molecule has 0 saturated carbocycles. The van der Waals surface area contributed by atoms with E-state index in [1.165, 1.54) is 4.90 Å². The largest absolute Gasteiger partial charge is 0.385 e. The summed E-state index contributed by atoms with van der Waals surface area (Å²) in [6, 6.07) is 3.19. The van der Waals surface area contributed by atoms with Crippen molar-refractivity contribution in [1.82, 2.24) is 15.2 Å². The molecule has 0 unspecified atom stereocenters. The van der Waals surface area contributed by atoms with Gasteiger partial charge in [-0.05, 0) is 25.8 Å². The van der Waals surface area contributed by atoms with E-state index >= 15 is 0 Å². The number of amides is 3. The number of nitrogens with one attached hydrogen (secondary N) is 1. The molecular weight excluding hydrogens is 258 g/mol. The van der Waals surface area contributed by atoms with E-state index in [-0.39, 0.29) is 11.9 Å². The zero-order valence-corrected chi connectivity index (χ0v) is 11.8. The van der Waals surface area contributed by atoms with Crippen LogP contribution in [0.1, 0.15) is 25.3 Å². The minimum atomic E-state index is -1.02. The monoisotopic (exact) mass is 277 g/mol. The third kappa shape index (κ3) is 2.65. The molecule has 2 heterocycles. The molecule has 0 radical (unpaired) electrons. The molecule has 108 valence electrons. The summed E-state index contributed by atoms with van der Waals surface area (Å²) >= 11 is 0. The summed E-state index contributed by atoms with van der Waals surface area (Å²) in [5.41, 5.74) is -0.329. The maximum absolute atomic E-state index is 12.5. The van der Waals surface area contributed by atoms with Gasteiger partial charge in [0.2, 0.25) is 0 Å². The number of methoxy groups -OCH3 is 1. The van der Waals surface area contributed by atoms with E-state index in [9.17, 15) is 9.59 Å². The van der Waals surface area contributed by atoms with Gasteiger partial charge >= 0.3 is 6.03 Å². The summed E-state index contributed by atoms with van der Waals surface area (Å²) in [4.78, 5) is 29.7. The molecule has 6 heteroatoms. The molecule has 1 aliphatic rings. The lowest BCUT2D eigenvalue weighted by atomic mass is 9.93. The molecular formula is C14H19N3O3. The number of pyridine rings is 1. The second-order valence-corrected chi connectivity index (χ2v) is 4.95. The first-order valence-electron chi connectivity index (χ1n) is 6.63. The molecule has 0 aromatic carbocycles. The topological polar surface area (TPSA) is 71.5 Å². The maximum atomic E-state index is 12.5. The fourth-order valence-corrected chi connectivity index (χ4v) is 2.27. The number of imide groups is 1. The number of hydrogen-bond acceptors (Lipinski definition) is 4.